The van der Waals surface area contributed by atoms with Gasteiger partial charge in [0.25, 0.3) is 0 Å². The molecule has 0 saturated carbocycles. The first-order valence-corrected chi connectivity index (χ1v) is 5.56. The molecule has 0 atom stereocenters. The normalized spacial score (nSPS) is 10.2. The van der Waals surface area contributed by atoms with Crippen LogP contribution < -0.4 is 0 Å². The molecule has 3 heteroatoms. The zero-order valence-corrected chi connectivity index (χ0v) is 9.75. The van der Waals surface area contributed by atoms with Gasteiger partial charge in [-0.1, -0.05) is 35.9 Å². The van der Waals surface area contributed by atoms with Crippen molar-refractivity contribution in [3.8, 4) is 0 Å². The van der Waals surface area contributed by atoms with E-state index >= 15 is 0 Å². The summed E-state index contributed by atoms with van der Waals surface area (Å²) in [6.45, 7) is 0. The molecule has 0 aromatic heterocycles. The molecule has 0 fully saturated rings. The molecule has 0 bridgehead atoms. The molecular weight excluding hydrogens is 239 g/mol. The van der Waals surface area contributed by atoms with Gasteiger partial charge in [-0.15, -0.1) is 0 Å². The Hall–Kier alpha value is -1.67. The lowest BCUT2D eigenvalue weighted by atomic mass is 10.0. The Morgan fingerprint density at radius 3 is 2.59 bits per heavy atom. The van der Waals surface area contributed by atoms with Crippen molar-refractivity contribution in [2.75, 3.05) is 0 Å². The number of hydrogen-bond donors (Lipinski definition) is 0. The first kappa shape index (κ1) is 11.8. The Kier molecular flexibility index (Phi) is 3.55. The summed E-state index contributed by atoms with van der Waals surface area (Å²) in [5, 5.41) is 0.592. The van der Waals surface area contributed by atoms with Gasteiger partial charge >= 0.3 is 0 Å². The third-order valence-electron chi connectivity index (χ3n) is 2.40. The highest BCUT2D eigenvalue weighted by Gasteiger charge is 2.07. The summed E-state index contributed by atoms with van der Waals surface area (Å²) < 4.78 is 13.0. The molecule has 86 valence electrons. The molecule has 2 aromatic rings. The van der Waals surface area contributed by atoms with Crippen LogP contribution in [0.25, 0.3) is 0 Å². The fraction of sp³-hybridized carbons (Fsp3) is 0.0714. The van der Waals surface area contributed by atoms with E-state index in [1.54, 1.807) is 24.3 Å². The van der Waals surface area contributed by atoms with Crippen molar-refractivity contribution in [1.82, 2.24) is 0 Å². The van der Waals surface area contributed by atoms with Gasteiger partial charge in [-0.05, 0) is 29.8 Å². The molecule has 0 unspecified atom stereocenters. The van der Waals surface area contributed by atoms with E-state index in [9.17, 15) is 9.18 Å². The molecule has 0 radical (unpaired) electrons. The second-order valence-electron chi connectivity index (χ2n) is 3.74. The van der Waals surface area contributed by atoms with E-state index in [2.05, 4.69) is 0 Å². The number of hydrogen-bond acceptors (Lipinski definition) is 1. The predicted octanol–water partition coefficient (Wildman–Crippen LogP) is 3.90. The first-order chi connectivity index (χ1) is 8.15. The summed E-state index contributed by atoms with van der Waals surface area (Å²) in [5.41, 5.74) is 1.21. The lowest BCUT2D eigenvalue weighted by Gasteiger charge is -2.02. The molecule has 0 amide bonds. The third-order valence-corrected chi connectivity index (χ3v) is 2.64. The van der Waals surface area contributed by atoms with Crippen LogP contribution in [0.4, 0.5) is 4.39 Å². The SMILES string of the molecule is O=C(Cc1cccc(Cl)c1)c1cccc(F)c1. The average molecular weight is 249 g/mol. The van der Waals surface area contributed by atoms with Crippen LogP contribution in [0.15, 0.2) is 48.5 Å². The van der Waals surface area contributed by atoms with Crippen LogP contribution >= 0.6 is 11.6 Å². The van der Waals surface area contributed by atoms with Crippen LogP contribution in [0.3, 0.4) is 0 Å². The van der Waals surface area contributed by atoms with Crippen LogP contribution in [-0.2, 0) is 6.42 Å². The van der Waals surface area contributed by atoms with E-state index in [1.165, 1.54) is 18.2 Å². The molecule has 1 nitrogen and oxygen atoms in total. The summed E-state index contributed by atoms with van der Waals surface area (Å²) in [5.74, 6) is -0.520. The van der Waals surface area contributed by atoms with Crippen molar-refractivity contribution in [2.24, 2.45) is 0 Å². The second-order valence-corrected chi connectivity index (χ2v) is 4.18. The molecule has 0 heterocycles. The molecule has 0 aliphatic carbocycles. The lowest BCUT2D eigenvalue weighted by molar-refractivity contribution is 0.0992. The van der Waals surface area contributed by atoms with Crippen LogP contribution in [0, 0.1) is 5.82 Å². The quantitative estimate of drug-likeness (QED) is 0.753. The number of benzene rings is 2. The third kappa shape index (κ3) is 3.14. The maximum Gasteiger partial charge on any atom is 0.167 e. The van der Waals surface area contributed by atoms with Crippen LogP contribution in [0.2, 0.25) is 5.02 Å². The Morgan fingerprint density at radius 1 is 1.12 bits per heavy atom. The zero-order chi connectivity index (χ0) is 12.3. The van der Waals surface area contributed by atoms with E-state index in [0.29, 0.717) is 10.6 Å². The summed E-state index contributed by atoms with van der Waals surface area (Å²) in [6, 6.07) is 12.8. The van der Waals surface area contributed by atoms with Gasteiger partial charge in [0.2, 0.25) is 0 Å². The highest BCUT2D eigenvalue weighted by atomic mass is 35.5. The van der Waals surface area contributed by atoms with Crippen LogP contribution in [0.1, 0.15) is 15.9 Å². The van der Waals surface area contributed by atoms with Crippen molar-refractivity contribution < 1.29 is 9.18 Å². The molecular formula is C14H10ClFO. The summed E-state index contributed by atoms with van der Waals surface area (Å²) >= 11 is 5.83. The molecule has 0 aliphatic heterocycles. The number of carbonyl (C=O) groups is 1. The fourth-order valence-corrected chi connectivity index (χ4v) is 1.81. The van der Waals surface area contributed by atoms with Gasteiger partial charge in [0, 0.05) is 17.0 Å². The summed E-state index contributed by atoms with van der Waals surface area (Å²) in [4.78, 5) is 11.9. The topological polar surface area (TPSA) is 17.1 Å². The predicted molar refractivity (Wildman–Crippen MR) is 65.9 cm³/mol. The standard InChI is InChI=1S/C14H10ClFO/c15-12-5-1-3-10(7-12)8-14(17)11-4-2-6-13(16)9-11/h1-7,9H,8H2. The maximum atomic E-state index is 13.0. The lowest BCUT2D eigenvalue weighted by Crippen LogP contribution is -2.03. The second kappa shape index (κ2) is 5.11. The van der Waals surface area contributed by atoms with Crippen LogP contribution in [0.5, 0.6) is 0 Å². The Bertz CT molecular complexity index is 551. The monoisotopic (exact) mass is 248 g/mol. The van der Waals surface area contributed by atoms with Gasteiger partial charge in [-0.25, -0.2) is 4.39 Å². The number of halogens is 2. The van der Waals surface area contributed by atoms with Crippen molar-refractivity contribution >= 4 is 17.4 Å². The molecule has 2 rings (SSSR count). The summed E-state index contributed by atoms with van der Waals surface area (Å²) in [6.07, 6.45) is 0.226. The van der Waals surface area contributed by atoms with Gasteiger partial charge in [0.05, 0.1) is 0 Å². The van der Waals surface area contributed by atoms with E-state index in [0.717, 1.165) is 5.56 Å². The molecule has 0 saturated heterocycles. The van der Waals surface area contributed by atoms with Gasteiger partial charge in [0.15, 0.2) is 5.78 Å². The highest BCUT2D eigenvalue weighted by molar-refractivity contribution is 6.30. The number of carbonyl (C=O) groups excluding carboxylic acids is 1. The minimum atomic E-state index is -0.401. The van der Waals surface area contributed by atoms with Crippen LogP contribution in [-0.4, -0.2) is 5.78 Å². The fourth-order valence-electron chi connectivity index (χ4n) is 1.60. The first-order valence-electron chi connectivity index (χ1n) is 5.18. The van der Waals surface area contributed by atoms with Gasteiger partial charge < -0.3 is 0 Å². The minimum absolute atomic E-state index is 0.119. The Morgan fingerprint density at radius 2 is 1.88 bits per heavy atom. The Balaban J connectivity index is 2.17. The van der Waals surface area contributed by atoms with Gasteiger partial charge in [-0.3, -0.25) is 4.79 Å². The molecule has 0 spiro atoms. The molecule has 17 heavy (non-hydrogen) atoms. The Labute approximate surface area is 104 Å². The van der Waals surface area contributed by atoms with Crippen molar-refractivity contribution in [1.29, 1.82) is 0 Å². The van der Waals surface area contributed by atoms with Gasteiger partial charge in [-0.2, -0.15) is 0 Å². The van der Waals surface area contributed by atoms with Crippen molar-refractivity contribution in [3.63, 3.8) is 0 Å². The van der Waals surface area contributed by atoms with E-state index < -0.39 is 5.82 Å². The molecule has 0 N–H and O–H groups in total. The molecule has 2 aromatic carbocycles. The van der Waals surface area contributed by atoms with E-state index in [4.69, 9.17) is 11.6 Å². The number of rotatable bonds is 3. The van der Waals surface area contributed by atoms with Gasteiger partial charge in [0.1, 0.15) is 5.82 Å². The summed E-state index contributed by atoms with van der Waals surface area (Å²) in [7, 11) is 0. The van der Waals surface area contributed by atoms with E-state index in [1.807, 2.05) is 6.07 Å². The average Bonchev–Trinajstić information content (AvgIpc) is 2.29. The van der Waals surface area contributed by atoms with E-state index in [-0.39, 0.29) is 12.2 Å². The zero-order valence-electron chi connectivity index (χ0n) is 8.99. The number of Topliss-reactive ketones (excluding diaryl/α,β-unsaturated/α-hetero) is 1. The highest BCUT2D eigenvalue weighted by Crippen LogP contribution is 2.13. The molecule has 0 aliphatic rings. The largest absolute Gasteiger partial charge is 0.294 e. The maximum absolute atomic E-state index is 13.0. The number of ketones is 1. The van der Waals surface area contributed by atoms with Crippen molar-refractivity contribution in [3.05, 3.63) is 70.5 Å². The minimum Gasteiger partial charge on any atom is -0.294 e. The smallest absolute Gasteiger partial charge is 0.167 e. The van der Waals surface area contributed by atoms with Crippen molar-refractivity contribution in [2.45, 2.75) is 6.42 Å².